The number of hydrogen-bond donors (Lipinski definition) is 2. The fourth-order valence-electron chi connectivity index (χ4n) is 2.44. The van der Waals surface area contributed by atoms with Crippen molar-refractivity contribution in [3.63, 3.8) is 0 Å². The Morgan fingerprint density at radius 2 is 1.50 bits per heavy atom. The third-order valence-corrected chi connectivity index (χ3v) is 5.28. The van der Waals surface area contributed by atoms with Gasteiger partial charge in [-0.05, 0) is 36.6 Å². The molecule has 0 heterocycles. The molecule has 6 nitrogen and oxygen atoms in total. The predicted octanol–water partition coefficient (Wildman–Crippen LogP) is 2.25. The summed E-state index contributed by atoms with van der Waals surface area (Å²) in [6, 6.07) is 13.6. The SMILES string of the molecule is Cc1ccccc1C(=O)N[C@H](C(=O)NS(=O)(=O)c1ccccc1)C(C)C. The van der Waals surface area contributed by atoms with Crippen molar-refractivity contribution in [3.8, 4) is 0 Å². The molecule has 1 atom stereocenters. The highest BCUT2D eigenvalue weighted by Crippen LogP contribution is 2.11. The van der Waals surface area contributed by atoms with Crippen molar-refractivity contribution in [1.29, 1.82) is 0 Å². The fourth-order valence-corrected chi connectivity index (χ4v) is 3.46. The summed E-state index contributed by atoms with van der Waals surface area (Å²) in [5.41, 5.74) is 1.21. The Morgan fingerprint density at radius 3 is 2.08 bits per heavy atom. The normalized spacial score (nSPS) is 12.5. The highest BCUT2D eigenvalue weighted by Gasteiger charge is 2.28. The van der Waals surface area contributed by atoms with Gasteiger partial charge in [0, 0.05) is 5.56 Å². The van der Waals surface area contributed by atoms with Crippen LogP contribution in [0.4, 0.5) is 0 Å². The van der Waals surface area contributed by atoms with Gasteiger partial charge in [-0.25, -0.2) is 13.1 Å². The second-order valence-electron chi connectivity index (χ2n) is 6.29. The highest BCUT2D eigenvalue weighted by molar-refractivity contribution is 7.90. The monoisotopic (exact) mass is 374 g/mol. The zero-order valence-electron chi connectivity index (χ0n) is 14.9. The van der Waals surface area contributed by atoms with Crippen LogP contribution in [-0.2, 0) is 14.8 Å². The molecule has 0 saturated heterocycles. The standard InChI is InChI=1S/C19H22N2O4S/c1-13(2)17(20-18(22)16-12-8-7-9-14(16)3)19(23)21-26(24,25)15-10-5-4-6-11-15/h4-13,17H,1-3H3,(H,20,22)(H,21,23)/t17-/m0/s1. The third-order valence-electron chi connectivity index (χ3n) is 3.91. The van der Waals surface area contributed by atoms with Crippen LogP contribution in [0.2, 0.25) is 0 Å². The van der Waals surface area contributed by atoms with Gasteiger partial charge < -0.3 is 5.32 Å². The van der Waals surface area contributed by atoms with Crippen LogP contribution in [0.5, 0.6) is 0 Å². The van der Waals surface area contributed by atoms with Crippen LogP contribution in [0.25, 0.3) is 0 Å². The van der Waals surface area contributed by atoms with Crippen LogP contribution in [0.3, 0.4) is 0 Å². The Balaban J connectivity index is 2.18. The van der Waals surface area contributed by atoms with E-state index in [1.807, 2.05) is 10.8 Å². The van der Waals surface area contributed by atoms with Crippen molar-refractivity contribution < 1.29 is 18.0 Å². The van der Waals surface area contributed by atoms with Crippen LogP contribution in [0.1, 0.15) is 29.8 Å². The lowest BCUT2D eigenvalue weighted by atomic mass is 10.0. The van der Waals surface area contributed by atoms with E-state index in [2.05, 4.69) is 5.32 Å². The van der Waals surface area contributed by atoms with Gasteiger partial charge in [-0.1, -0.05) is 50.2 Å². The maximum Gasteiger partial charge on any atom is 0.264 e. The van der Waals surface area contributed by atoms with Gasteiger partial charge in [0.05, 0.1) is 4.90 Å². The molecule has 138 valence electrons. The smallest absolute Gasteiger partial charge is 0.264 e. The Bertz CT molecular complexity index is 893. The lowest BCUT2D eigenvalue weighted by Crippen LogP contribution is -2.51. The number of nitrogens with one attached hydrogen (secondary N) is 2. The lowest BCUT2D eigenvalue weighted by Gasteiger charge is -2.22. The summed E-state index contributed by atoms with van der Waals surface area (Å²) < 4.78 is 26.7. The van der Waals surface area contributed by atoms with Gasteiger partial charge in [-0.2, -0.15) is 0 Å². The van der Waals surface area contributed by atoms with E-state index in [-0.39, 0.29) is 10.8 Å². The molecule has 2 rings (SSSR count). The van der Waals surface area contributed by atoms with E-state index in [0.29, 0.717) is 5.56 Å². The van der Waals surface area contributed by atoms with Crippen LogP contribution in [-0.4, -0.2) is 26.3 Å². The van der Waals surface area contributed by atoms with E-state index in [1.165, 1.54) is 12.1 Å². The summed E-state index contributed by atoms with van der Waals surface area (Å²) in [6.07, 6.45) is 0. The molecule has 2 N–H and O–H groups in total. The molecule has 2 aromatic rings. The number of carbonyl (C=O) groups excluding carboxylic acids is 2. The first kappa shape index (κ1) is 19.7. The molecular formula is C19H22N2O4S. The van der Waals surface area contributed by atoms with Crippen molar-refractivity contribution in [2.45, 2.75) is 31.7 Å². The van der Waals surface area contributed by atoms with Gasteiger partial charge in [-0.15, -0.1) is 0 Å². The molecule has 7 heteroatoms. The molecule has 2 aromatic carbocycles. The quantitative estimate of drug-likeness (QED) is 0.811. The van der Waals surface area contributed by atoms with Crippen molar-refractivity contribution in [2.24, 2.45) is 5.92 Å². The van der Waals surface area contributed by atoms with Crippen molar-refractivity contribution >= 4 is 21.8 Å². The highest BCUT2D eigenvalue weighted by atomic mass is 32.2. The van der Waals surface area contributed by atoms with Crippen molar-refractivity contribution in [2.75, 3.05) is 0 Å². The third kappa shape index (κ3) is 4.70. The number of sulfonamides is 1. The number of hydrogen-bond acceptors (Lipinski definition) is 4. The van der Waals surface area contributed by atoms with Gasteiger partial charge in [0.1, 0.15) is 6.04 Å². The molecule has 0 aliphatic carbocycles. The lowest BCUT2D eigenvalue weighted by molar-refractivity contribution is -0.122. The van der Waals surface area contributed by atoms with Crippen LogP contribution in [0, 0.1) is 12.8 Å². The maximum atomic E-state index is 12.5. The second-order valence-corrected chi connectivity index (χ2v) is 7.98. The molecule has 0 unspecified atom stereocenters. The first-order valence-corrected chi connectivity index (χ1v) is 9.69. The summed E-state index contributed by atoms with van der Waals surface area (Å²) in [5.74, 6) is -1.49. The van der Waals surface area contributed by atoms with E-state index in [9.17, 15) is 18.0 Å². The van der Waals surface area contributed by atoms with Crippen molar-refractivity contribution in [1.82, 2.24) is 10.0 Å². The van der Waals surface area contributed by atoms with Gasteiger partial charge in [0.25, 0.3) is 21.8 Å². The molecular weight excluding hydrogens is 352 g/mol. The minimum Gasteiger partial charge on any atom is -0.340 e. The molecule has 0 aliphatic heterocycles. The molecule has 26 heavy (non-hydrogen) atoms. The summed E-state index contributed by atoms with van der Waals surface area (Å²) >= 11 is 0. The van der Waals surface area contributed by atoms with E-state index < -0.39 is 27.9 Å². The first-order chi connectivity index (χ1) is 12.2. The molecule has 0 aromatic heterocycles. The zero-order chi connectivity index (χ0) is 19.3. The number of carbonyl (C=O) groups is 2. The molecule has 0 aliphatic rings. The molecule has 0 radical (unpaired) electrons. The largest absolute Gasteiger partial charge is 0.340 e. The number of rotatable bonds is 6. The minimum atomic E-state index is -4.00. The van der Waals surface area contributed by atoms with Gasteiger partial charge >= 0.3 is 0 Å². The number of aryl methyl sites for hydroxylation is 1. The second kappa shape index (κ2) is 8.14. The van der Waals surface area contributed by atoms with E-state index in [4.69, 9.17) is 0 Å². The van der Waals surface area contributed by atoms with Gasteiger partial charge in [0.2, 0.25) is 0 Å². The summed E-state index contributed by atoms with van der Waals surface area (Å²) in [6.45, 7) is 5.26. The van der Waals surface area contributed by atoms with Crippen LogP contribution >= 0.6 is 0 Å². The molecule has 0 spiro atoms. The Hall–Kier alpha value is -2.67. The number of benzene rings is 2. The average Bonchev–Trinajstić information content (AvgIpc) is 2.60. The van der Waals surface area contributed by atoms with Gasteiger partial charge in [0.15, 0.2) is 0 Å². The Labute approximate surface area is 153 Å². The fraction of sp³-hybridized carbons (Fsp3) is 0.263. The van der Waals surface area contributed by atoms with E-state index >= 15 is 0 Å². The van der Waals surface area contributed by atoms with Gasteiger partial charge in [-0.3, -0.25) is 9.59 Å². The van der Waals surface area contributed by atoms with Crippen LogP contribution in [0.15, 0.2) is 59.5 Å². The zero-order valence-corrected chi connectivity index (χ0v) is 15.7. The Kier molecular flexibility index (Phi) is 6.15. The molecule has 0 bridgehead atoms. The Morgan fingerprint density at radius 1 is 0.923 bits per heavy atom. The maximum absolute atomic E-state index is 12.5. The molecule has 0 fully saturated rings. The topological polar surface area (TPSA) is 92.3 Å². The predicted molar refractivity (Wildman–Crippen MR) is 99.0 cm³/mol. The molecule has 0 saturated carbocycles. The van der Waals surface area contributed by atoms with E-state index in [1.54, 1.807) is 57.2 Å². The summed E-state index contributed by atoms with van der Waals surface area (Å²) in [4.78, 5) is 25.0. The van der Waals surface area contributed by atoms with Crippen LogP contribution < -0.4 is 10.0 Å². The van der Waals surface area contributed by atoms with E-state index in [0.717, 1.165) is 5.56 Å². The summed E-state index contributed by atoms with van der Waals surface area (Å²) in [5, 5.41) is 2.63. The number of amides is 2. The molecule has 2 amide bonds. The summed E-state index contributed by atoms with van der Waals surface area (Å²) in [7, 11) is -4.00. The first-order valence-electron chi connectivity index (χ1n) is 8.20. The average molecular weight is 374 g/mol. The minimum absolute atomic E-state index is 0.0129. The van der Waals surface area contributed by atoms with Crippen molar-refractivity contribution in [3.05, 3.63) is 65.7 Å².